The lowest BCUT2D eigenvalue weighted by atomic mass is 9.96. The van der Waals surface area contributed by atoms with Crippen molar-refractivity contribution in [1.82, 2.24) is 10.6 Å². The van der Waals surface area contributed by atoms with Gasteiger partial charge in [0.25, 0.3) is 0 Å². The number of hydrogen-bond donors (Lipinski definition) is 2. The number of rotatable bonds is 6. The molecule has 1 aromatic rings. The monoisotopic (exact) mass is 315 g/mol. The fraction of sp³-hybridized carbons (Fsp3) is 0.632. The van der Waals surface area contributed by atoms with Crippen molar-refractivity contribution in [3.05, 3.63) is 35.9 Å². The third kappa shape index (κ3) is 4.47. The molecule has 2 fully saturated rings. The number of ether oxygens (including phenoxy) is 1. The van der Waals surface area contributed by atoms with Gasteiger partial charge in [0.2, 0.25) is 0 Å². The van der Waals surface area contributed by atoms with Crippen molar-refractivity contribution >= 4 is 5.96 Å². The van der Waals surface area contributed by atoms with Crippen LogP contribution >= 0.6 is 0 Å². The van der Waals surface area contributed by atoms with Gasteiger partial charge >= 0.3 is 0 Å². The second-order valence-electron chi connectivity index (χ2n) is 7.34. The minimum Gasteiger partial charge on any atom is -0.373 e. The molecule has 126 valence electrons. The van der Waals surface area contributed by atoms with E-state index < -0.39 is 0 Å². The van der Waals surface area contributed by atoms with Gasteiger partial charge in [-0.25, -0.2) is 0 Å². The van der Waals surface area contributed by atoms with Crippen LogP contribution in [0.5, 0.6) is 0 Å². The molecule has 1 heterocycles. The minimum atomic E-state index is -0.0427. The number of nitrogens with zero attached hydrogens (tertiary/aromatic N) is 1. The van der Waals surface area contributed by atoms with E-state index in [0.717, 1.165) is 44.9 Å². The Kier molecular flexibility index (Phi) is 4.90. The number of hydrogen-bond acceptors (Lipinski definition) is 2. The van der Waals surface area contributed by atoms with Crippen LogP contribution < -0.4 is 10.6 Å². The molecule has 0 aromatic heterocycles. The molecule has 23 heavy (non-hydrogen) atoms. The highest BCUT2D eigenvalue weighted by atomic mass is 16.5. The second kappa shape index (κ2) is 6.91. The van der Waals surface area contributed by atoms with E-state index in [1.807, 2.05) is 7.05 Å². The Hall–Kier alpha value is -1.55. The number of nitrogens with one attached hydrogen (secondary N) is 2. The van der Waals surface area contributed by atoms with Gasteiger partial charge in [0.15, 0.2) is 5.96 Å². The van der Waals surface area contributed by atoms with E-state index in [1.54, 1.807) is 0 Å². The fourth-order valence-electron chi connectivity index (χ4n) is 3.36. The molecule has 1 saturated heterocycles. The Morgan fingerprint density at radius 1 is 1.13 bits per heavy atom. The summed E-state index contributed by atoms with van der Waals surface area (Å²) in [6, 6.07) is 10.8. The summed E-state index contributed by atoms with van der Waals surface area (Å²) in [6.07, 6.45) is 6.03. The summed E-state index contributed by atoms with van der Waals surface area (Å²) in [4.78, 5) is 4.36. The van der Waals surface area contributed by atoms with Crippen molar-refractivity contribution in [2.75, 3.05) is 26.7 Å². The summed E-state index contributed by atoms with van der Waals surface area (Å²) in [7, 11) is 1.84. The molecular formula is C19H29N3O. The summed E-state index contributed by atoms with van der Waals surface area (Å²) in [5.41, 5.74) is 1.80. The van der Waals surface area contributed by atoms with Gasteiger partial charge in [-0.15, -0.1) is 0 Å². The van der Waals surface area contributed by atoms with Gasteiger partial charge in [-0.3, -0.25) is 4.99 Å². The SMILES string of the molecule is CN=C(NCC1(Cc2ccccc2)CC1)NCC1(C)CCCO1. The van der Waals surface area contributed by atoms with Crippen LogP contribution in [-0.4, -0.2) is 38.3 Å². The van der Waals surface area contributed by atoms with E-state index in [0.29, 0.717) is 5.41 Å². The first-order chi connectivity index (χ1) is 11.1. The number of aliphatic imine (C=N–C) groups is 1. The van der Waals surface area contributed by atoms with Crippen molar-refractivity contribution in [3.63, 3.8) is 0 Å². The van der Waals surface area contributed by atoms with E-state index in [4.69, 9.17) is 4.74 Å². The maximum atomic E-state index is 5.83. The summed E-state index contributed by atoms with van der Waals surface area (Å²) < 4.78 is 5.83. The zero-order valence-electron chi connectivity index (χ0n) is 14.4. The zero-order valence-corrected chi connectivity index (χ0v) is 14.4. The molecule has 1 aromatic carbocycles. The average Bonchev–Trinajstić information content (AvgIpc) is 3.19. The molecule has 0 amide bonds. The highest BCUT2D eigenvalue weighted by Gasteiger charge is 2.42. The Morgan fingerprint density at radius 2 is 1.87 bits per heavy atom. The highest BCUT2D eigenvalue weighted by Crippen LogP contribution is 2.47. The van der Waals surface area contributed by atoms with E-state index in [2.05, 4.69) is 52.9 Å². The zero-order chi connectivity index (χ0) is 16.2. The van der Waals surface area contributed by atoms with Crippen LogP contribution in [0.15, 0.2) is 35.3 Å². The standard InChI is InChI=1S/C19H29N3O/c1-18(9-6-12-23-18)14-21-17(20-2)22-15-19(10-11-19)13-16-7-4-3-5-8-16/h3-5,7-8H,6,9-15H2,1-2H3,(H2,20,21,22). The molecule has 0 radical (unpaired) electrons. The molecule has 1 aliphatic heterocycles. The van der Waals surface area contributed by atoms with Crippen LogP contribution in [0.25, 0.3) is 0 Å². The van der Waals surface area contributed by atoms with Crippen LogP contribution in [0.3, 0.4) is 0 Å². The fourth-order valence-corrected chi connectivity index (χ4v) is 3.36. The third-order valence-corrected chi connectivity index (χ3v) is 5.16. The van der Waals surface area contributed by atoms with E-state index in [9.17, 15) is 0 Å². The molecule has 3 rings (SSSR count). The number of benzene rings is 1. The van der Waals surface area contributed by atoms with Crippen molar-refractivity contribution in [2.24, 2.45) is 10.4 Å². The molecule has 0 bridgehead atoms. The van der Waals surface area contributed by atoms with Crippen molar-refractivity contribution in [1.29, 1.82) is 0 Å². The quantitative estimate of drug-likeness (QED) is 0.627. The summed E-state index contributed by atoms with van der Waals surface area (Å²) in [5, 5.41) is 6.95. The Labute approximate surface area is 139 Å². The lowest BCUT2D eigenvalue weighted by molar-refractivity contribution is 0.0242. The minimum absolute atomic E-state index is 0.0427. The number of guanidine groups is 1. The lowest BCUT2D eigenvalue weighted by Crippen LogP contribution is -2.46. The largest absolute Gasteiger partial charge is 0.373 e. The van der Waals surface area contributed by atoms with Crippen LogP contribution in [0, 0.1) is 5.41 Å². The highest BCUT2D eigenvalue weighted by molar-refractivity contribution is 5.79. The van der Waals surface area contributed by atoms with Crippen molar-refractivity contribution in [3.8, 4) is 0 Å². The smallest absolute Gasteiger partial charge is 0.191 e. The van der Waals surface area contributed by atoms with E-state index in [-0.39, 0.29) is 5.60 Å². The van der Waals surface area contributed by atoms with Crippen LogP contribution in [0.4, 0.5) is 0 Å². The Balaban J connectivity index is 1.46. The first-order valence-electron chi connectivity index (χ1n) is 8.76. The molecule has 2 aliphatic rings. The molecule has 1 aliphatic carbocycles. The summed E-state index contributed by atoms with van der Waals surface area (Å²) in [5.74, 6) is 0.890. The first-order valence-corrected chi connectivity index (χ1v) is 8.76. The Morgan fingerprint density at radius 3 is 2.48 bits per heavy atom. The van der Waals surface area contributed by atoms with Gasteiger partial charge in [-0.2, -0.15) is 0 Å². The maximum absolute atomic E-state index is 5.83. The van der Waals surface area contributed by atoms with Crippen molar-refractivity contribution < 1.29 is 4.74 Å². The van der Waals surface area contributed by atoms with E-state index in [1.165, 1.54) is 18.4 Å². The molecule has 1 atom stereocenters. The average molecular weight is 315 g/mol. The predicted molar refractivity (Wildman–Crippen MR) is 94.8 cm³/mol. The van der Waals surface area contributed by atoms with Gasteiger partial charge in [-0.05, 0) is 50.0 Å². The van der Waals surface area contributed by atoms with Crippen LogP contribution in [0.2, 0.25) is 0 Å². The van der Waals surface area contributed by atoms with Crippen LogP contribution in [-0.2, 0) is 11.2 Å². The van der Waals surface area contributed by atoms with Crippen LogP contribution in [0.1, 0.15) is 38.2 Å². The molecule has 0 spiro atoms. The lowest BCUT2D eigenvalue weighted by Gasteiger charge is -2.25. The second-order valence-corrected chi connectivity index (χ2v) is 7.34. The van der Waals surface area contributed by atoms with Gasteiger partial charge in [0.1, 0.15) is 0 Å². The summed E-state index contributed by atoms with van der Waals surface area (Å²) >= 11 is 0. The van der Waals surface area contributed by atoms with Gasteiger partial charge in [0.05, 0.1) is 5.60 Å². The molecule has 4 heteroatoms. The van der Waals surface area contributed by atoms with Gasteiger partial charge in [0, 0.05) is 26.7 Å². The van der Waals surface area contributed by atoms with E-state index >= 15 is 0 Å². The summed E-state index contributed by atoms with van der Waals surface area (Å²) in [6.45, 7) is 4.86. The normalized spacial score (nSPS) is 26.1. The topological polar surface area (TPSA) is 45.7 Å². The molecule has 4 nitrogen and oxygen atoms in total. The molecule has 1 saturated carbocycles. The van der Waals surface area contributed by atoms with Crippen molar-refractivity contribution in [2.45, 2.75) is 44.6 Å². The Bertz CT molecular complexity index is 531. The predicted octanol–water partition coefficient (Wildman–Crippen LogP) is 2.74. The molecule has 2 N–H and O–H groups in total. The first kappa shape index (κ1) is 16.3. The van der Waals surface area contributed by atoms with Gasteiger partial charge < -0.3 is 15.4 Å². The maximum Gasteiger partial charge on any atom is 0.191 e. The molecular weight excluding hydrogens is 286 g/mol. The van der Waals surface area contributed by atoms with Gasteiger partial charge in [-0.1, -0.05) is 30.3 Å². The molecule has 1 unspecified atom stereocenters. The third-order valence-electron chi connectivity index (χ3n) is 5.16.